The summed E-state index contributed by atoms with van der Waals surface area (Å²) in [5.74, 6) is 0.694. The number of thiophene rings is 1. The fourth-order valence-corrected chi connectivity index (χ4v) is 3.02. The average molecular weight is 551 g/mol. The van der Waals surface area contributed by atoms with E-state index in [0.29, 0.717) is 19.0 Å². The van der Waals surface area contributed by atoms with Crippen LogP contribution in [0.4, 0.5) is 0 Å². The summed E-state index contributed by atoms with van der Waals surface area (Å²) in [6.45, 7) is 1.53. The number of carbonyl (C=O) groups excluding carboxylic acids is 1. The summed E-state index contributed by atoms with van der Waals surface area (Å²) >= 11 is 5.15. The molecular weight excluding hydrogens is 527 g/mol. The summed E-state index contributed by atoms with van der Waals surface area (Å²) in [7, 11) is 5.45. The van der Waals surface area contributed by atoms with E-state index in [1.54, 1.807) is 30.3 Å². The number of likely N-dealkylation sites (N-methyl/N-ethyl adjacent to an activating group) is 1. The van der Waals surface area contributed by atoms with Crippen molar-refractivity contribution in [2.45, 2.75) is 13.1 Å². The molecule has 0 atom stereocenters. The predicted molar refractivity (Wildman–Crippen MR) is 123 cm³/mol. The van der Waals surface area contributed by atoms with Crippen molar-refractivity contribution in [1.29, 1.82) is 0 Å². The molecule has 2 aromatic rings. The quantitative estimate of drug-likeness (QED) is 0.338. The van der Waals surface area contributed by atoms with Crippen LogP contribution in [-0.2, 0) is 17.9 Å². The van der Waals surface area contributed by atoms with Crippen molar-refractivity contribution in [2.75, 3.05) is 27.7 Å². The molecule has 1 heterocycles. The summed E-state index contributed by atoms with van der Waals surface area (Å²) in [6.07, 6.45) is 0. The minimum atomic E-state index is -0.0209. The van der Waals surface area contributed by atoms with Crippen LogP contribution in [-0.4, -0.2) is 49.4 Å². The lowest BCUT2D eigenvalue weighted by Crippen LogP contribution is -2.39. The molecule has 5 nitrogen and oxygen atoms in total. The maximum atomic E-state index is 11.9. The lowest BCUT2D eigenvalue weighted by Gasteiger charge is -2.23. The van der Waals surface area contributed by atoms with Gasteiger partial charge in [-0.25, -0.2) is 4.99 Å². The Hall–Kier alpha value is -1.13. The number of hydrogen-bond acceptors (Lipinski definition) is 3. The summed E-state index contributed by atoms with van der Waals surface area (Å²) in [5, 5.41) is 5.40. The molecule has 1 N–H and O–H groups in total. The highest BCUT2D eigenvalue weighted by Gasteiger charge is 2.10. The van der Waals surface area contributed by atoms with Crippen molar-refractivity contribution >= 4 is 63.1 Å². The molecule has 0 bridgehead atoms. The van der Waals surface area contributed by atoms with Gasteiger partial charge >= 0.3 is 0 Å². The number of halogens is 2. The maximum absolute atomic E-state index is 11.9. The van der Waals surface area contributed by atoms with Crippen molar-refractivity contribution in [2.24, 2.45) is 4.99 Å². The van der Waals surface area contributed by atoms with Crippen molar-refractivity contribution in [3.8, 4) is 0 Å². The fraction of sp³-hybridized carbons (Fsp3) is 0.333. The molecule has 0 spiro atoms. The van der Waals surface area contributed by atoms with Crippen LogP contribution in [0.15, 0.2) is 51.2 Å². The van der Waals surface area contributed by atoms with Crippen molar-refractivity contribution in [1.82, 2.24) is 15.1 Å². The highest BCUT2D eigenvalue weighted by atomic mass is 127. The topological polar surface area (TPSA) is 47.9 Å². The van der Waals surface area contributed by atoms with Crippen molar-refractivity contribution < 1.29 is 4.79 Å². The van der Waals surface area contributed by atoms with Gasteiger partial charge in [-0.1, -0.05) is 34.1 Å². The Labute approximate surface area is 184 Å². The number of carbonyl (C=O) groups is 1. The molecule has 0 aliphatic carbocycles. The molecule has 2 rings (SSSR count). The molecular formula is C18H24BrIN4OS. The van der Waals surface area contributed by atoms with Crippen LogP contribution >= 0.6 is 51.2 Å². The largest absolute Gasteiger partial charge is 0.351 e. The first-order valence-corrected chi connectivity index (χ1v) is 9.59. The number of hydrogen-bond donors (Lipinski definition) is 1. The van der Waals surface area contributed by atoms with Gasteiger partial charge in [0.1, 0.15) is 6.54 Å². The van der Waals surface area contributed by atoms with Crippen LogP contribution in [0, 0.1) is 0 Å². The third-order valence-electron chi connectivity index (χ3n) is 3.56. The summed E-state index contributed by atoms with van der Waals surface area (Å²) in [5.41, 5.74) is 1.18. The molecule has 0 aliphatic rings. The number of benzene rings is 1. The van der Waals surface area contributed by atoms with Gasteiger partial charge < -0.3 is 15.1 Å². The molecule has 142 valence electrons. The zero-order valence-electron chi connectivity index (χ0n) is 15.1. The number of nitrogens with one attached hydrogen (secondary N) is 1. The van der Waals surface area contributed by atoms with Gasteiger partial charge in [0.2, 0.25) is 5.91 Å². The third kappa shape index (κ3) is 7.63. The lowest BCUT2D eigenvalue weighted by molar-refractivity contribution is -0.127. The SMILES string of the molecule is CN(C)C(=O)CN=C(NCc1cccs1)N(C)Cc1ccc(Br)cc1.I. The van der Waals surface area contributed by atoms with Crippen LogP contribution in [0.3, 0.4) is 0 Å². The zero-order valence-corrected chi connectivity index (χ0v) is 19.8. The molecule has 1 aromatic carbocycles. The Morgan fingerprint density at radius 1 is 1.19 bits per heavy atom. The number of amides is 1. The maximum Gasteiger partial charge on any atom is 0.243 e. The monoisotopic (exact) mass is 550 g/mol. The van der Waals surface area contributed by atoms with Gasteiger partial charge in [-0.15, -0.1) is 35.3 Å². The van der Waals surface area contributed by atoms with Crippen LogP contribution in [0.25, 0.3) is 0 Å². The van der Waals surface area contributed by atoms with E-state index >= 15 is 0 Å². The van der Waals surface area contributed by atoms with E-state index in [2.05, 4.69) is 49.8 Å². The highest BCUT2D eigenvalue weighted by Crippen LogP contribution is 2.12. The second-order valence-electron chi connectivity index (χ2n) is 5.84. The third-order valence-corrected chi connectivity index (χ3v) is 4.96. The summed E-state index contributed by atoms with van der Waals surface area (Å²) in [6, 6.07) is 12.3. The van der Waals surface area contributed by atoms with Gasteiger partial charge in [-0.3, -0.25) is 4.79 Å². The second-order valence-corrected chi connectivity index (χ2v) is 7.79. The van der Waals surface area contributed by atoms with E-state index in [4.69, 9.17) is 0 Å². The molecule has 0 saturated carbocycles. The second kappa shape index (κ2) is 11.6. The Kier molecular flexibility index (Phi) is 10.2. The van der Waals surface area contributed by atoms with E-state index in [0.717, 1.165) is 4.47 Å². The van der Waals surface area contributed by atoms with Gasteiger partial charge in [0, 0.05) is 37.0 Å². The standard InChI is InChI=1S/C18H23BrN4OS.HI/c1-22(2)17(24)12-21-18(20-11-16-5-4-10-25-16)23(3)13-14-6-8-15(19)9-7-14;/h4-10H,11-13H2,1-3H3,(H,20,21);1H. The van der Waals surface area contributed by atoms with Crippen LogP contribution < -0.4 is 5.32 Å². The minimum absolute atomic E-state index is 0. The van der Waals surface area contributed by atoms with Gasteiger partial charge in [-0.05, 0) is 29.1 Å². The van der Waals surface area contributed by atoms with Gasteiger partial charge in [0.15, 0.2) is 5.96 Å². The first-order valence-electron chi connectivity index (χ1n) is 7.92. The van der Waals surface area contributed by atoms with E-state index < -0.39 is 0 Å². The number of guanidine groups is 1. The Morgan fingerprint density at radius 3 is 2.46 bits per heavy atom. The van der Waals surface area contributed by atoms with E-state index in [-0.39, 0.29) is 36.4 Å². The number of rotatable bonds is 6. The van der Waals surface area contributed by atoms with Crippen LogP contribution in [0.2, 0.25) is 0 Å². The van der Waals surface area contributed by atoms with Crippen LogP contribution in [0.1, 0.15) is 10.4 Å². The smallest absolute Gasteiger partial charge is 0.243 e. The molecule has 1 aromatic heterocycles. The summed E-state index contributed by atoms with van der Waals surface area (Å²) < 4.78 is 1.06. The van der Waals surface area contributed by atoms with E-state index in [9.17, 15) is 4.79 Å². The molecule has 1 amide bonds. The van der Waals surface area contributed by atoms with Crippen molar-refractivity contribution in [3.05, 3.63) is 56.7 Å². The average Bonchev–Trinajstić information content (AvgIpc) is 3.10. The van der Waals surface area contributed by atoms with E-state index in [1.807, 2.05) is 30.1 Å². The highest BCUT2D eigenvalue weighted by molar-refractivity contribution is 14.0. The van der Waals surface area contributed by atoms with Crippen molar-refractivity contribution in [3.63, 3.8) is 0 Å². The molecule has 0 aliphatic heterocycles. The predicted octanol–water partition coefficient (Wildman–Crippen LogP) is 3.79. The van der Waals surface area contributed by atoms with Gasteiger partial charge in [-0.2, -0.15) is 0 Å². The van der Waals surface area contributed by atoms with Gasteiger partial charge in [0.05, 0.1) is 6.54 Å². The molecule has 0 radical (unpaired) electrons. The van der Waals surface area contributed by atoms with Crippen LogP contribution in [0.5, 0.6) is 0 Å². The minimum Gasteiger partial charge on any atom is -0.351 e. The summed E-state index contributed by atoms with van der Waals surface area (Å²) in [4.78, 5) is 21.2. The lowest BCUT2D eigenvalue weighted by atomic mass is 10.2. The molecule has 0 fully saturated rings. The Balaban J connectivity index is 0.00000338. The number of aliphatic imine (C=N–C) groups is 1. The fourth-order valence-electron chi connectivity index (χ4n) is 2.11. The normalized spacial score (nSPS) is 10.8. The molecule has 0 unspecified atom stereocenters. The van der Waals surface area contributed by atoms with E-state index in [1.165, 1.54) is 10.4 Å². The molecule has 0 saturated heterocycles. The molecule has 26 heavy (non-hydrogen) atoms. The van der Waals surface area contributed by atoms with Gasteiger partial charge in [0.25, 0.3) is 0 Å². The first-order chi connectivity index (χ1) is 12.0. The first kappa shape index (κ1) is 22.9. The zero-order chi connectivity index (χ0) is 18.2. The Morgan fingerprint density at radius 2 is 1.88 bits per heavy atom. The molecule has 8 heteroatoms. The Bertz CT molecular complexity index is 704. The number of nitrogens with zero attached hydrogens (tertiary/aromatic N) is 3.